The van der Waals surface area contributed by atoms with Crippen LogP contribution >= 0.6 is 23.7 Å². The summed E-state index contributed by atoms with van der Waals surface area (Å²) in [7, 11) is 1.65. The van der Waals surface area contributed by atoms with Crippen LogP contribution in [0.3, 0.4) is 0 Å². The summed E-state index contributed by atoms with van der Waals surface area (Å²) >= 11 is 1.46. The van der Waals surface area contributed by atoms with Crippen LogP contribution in [-0.4, -0.2) is 37.7 Å². The quantitative estimate of drug-likeness (QED) is 0.832. The first kappa shape index (κ1) is 19.8. The number of methoxy groups -OCH3 is 1. The Morgan fingerprint density at radius 3 is 2.64 bits per heavy atom. The van der Waals surface area contributed by atoms with Gasteiger partial charge in [-0.3, -0.25) is 4.79 Å². The molecule has 0 unspecified atom stereocenters. The number of amides is 1. The van der Waals surface area contributed by atoms with E-state index in [1.807, 2.05) is 5.38 Å². The summed E-state index contributed by atoms with van der Waals surface area (Å²) < 4.78 is 5.32. The molecule has 25 heavy (non-hydrogen) atoms. The Hall–Kier alpha value is -1.47. The van der Waals surface area contributed by atoms with E-state index in [4.69, 9.17) is 4.74 Å². The minimum atomic E-state index is -0.463. The number of hydrogen-bond acceptors (Lipinski definition) is 5. The van der Waals surface area contributed by atoms with E-state index in [1.54, 1.807) is 7.11 Å². The van der Waals surface area contributed by atoms with E-state index in [9.17, 15) is 4.79 Å². The Balaban J connectivity index is 0.00000225. The molecule has 1 fully saturated rings. The van der Waals surface area contributed by atoms with Gasteiger partial charge in [0, 0.05) is 18.1 Å². The summed E-state index contributed by atoms with van der Waals surface area (Å²) in [6.07, 6.45) is 1.56. The van der Waals surface area contributed by atoms with Crippen molar-refractivity contribution in [2.75, 3.05) is 32.1 Å². The van der Waals surface area contributed by atoms with E-state index in [-0.39, 0.29) is 18.3 Å². The number of aromatic nitrogens is 1. The number of nitrogens with one attached hydrogen (secondary N) is 2. The summed E-state index contributed by atoms with van der Waals surface area (Å²) in [6.45, 7) is 4.17. The molecule has 1 amide bonds. The fourth-order valence-electron chi connectivity index (χ4n) is 3.04. The molecule has 0 saturated carbocycles. The van der Waals surface area contributed by atoms with Crippen molar-refractivity contribution in [1.29, 1.82) is 0 Å². The Bertz CT molecular complexity index is 691. The van der Waals surface area contributed by atoms with Gasteiger partial charge in [0.25, 0.3) is 0 Å². The van der Waals surface area contributed by atoms with Crippen molar-refractivity contribution in [2.24, 2.45) is 5.41 Å². The van der Waals surface area contributed by atoms with Crippen molar-refractivity contribution < 1.29 is 9.53 Å². The standard InChI is InChI=1S/C18H23N3O2S.ClH/c1-13-3-5-14(6-4-13)15-11-24-17(20-15)21-16(22)18(12-23-2)7-9-19-10-8-18;/h3-6,11,19H,7-10,12H2,1-2H3,(H,20,21,22);1H. The van der Waals surface area contributed by atoms with E-state index in [1.165, 1.54) is 16.9 Å². The monoisotopic (exact) mass is 381 g/mol. The lowest BCUT2D eigenvalue weighted by Gasteiger charge is -2.35. The minimum Gasteiger partial charge on any atom is -0.384 e. The molecule has 136 valence electrons. The predicted molar refractivity (Wildman–Crippen MR) is 105 cm³/mol. The molecule has 1 aromatic heterocycles. The van der Waals surface area contributed by atoms with Crippen molar-refractivity contribution in [3.05, 3.63) is 35.2 Å². The van der Waals surface area contributed by atoms with Gasteiger partial charge < -0.3 is 15.4 Å². The summed E-state index contributed by atoms with van der Waals surface area (Å²) in [4.78, 5) is 17.4. The van der Waals surface area contributed by atoms with Crippen LogP contribution in [0, 0.1) is 12.3 Å². The van der Waals surface area contributed by atoms with E-state index in [0.29, 0.717) is 11.7 Å². The molecule has 1 saturated heterocycles. The van der Waals surface area contributed by atoms with Crippen molar-refractivity contribution >= 4 is 34.8 Å². The lowest BCUT2D eigenvalue weighted by molar-refractivity contribution is -0.130. The van der Waals surface area contributed by atoms with Crippen LogP contribution in [0.4, 0.5) is 5.13 Å². The number of aryl methyl sites for hydroxylation is 1. The molecule has 2 aromatic rings. The van der Waals surface area contributed by atoms with Crippen LogP contribution in [0.2, 0.25) is 0 Å². The number of thiazole rings is 1. The number of nitrogens with zero attached hydrogens (tertiary/aromatic N) is 1. The molecule has 5 nitrogen and oxygen atoms in total. The Kier molecular flexibility index (Phi) is 6.95. The second-order valence-electron chi connectivity index (χ2n) is 6.32. The zero-order valence-corrected chi connectivity index (χ0v) is 16.1. The van der Waals surface area contributed by atoms with Crippen molar-refractivity contribution in [3.8, 4) is 11.3 Å². The third kappa shape index (κ3) is 4.58. The zero-order valence-electron chi connectivity index (χ0n) is 14.5. The number of anilines is 1. The van der Waals surface area contributed by atoms with Crippen LogP contribution in [-0.2, 0) is 9.53 Å². The lowest BCUT2D eigenvalue weighted by atomic mass is 9.79. The van der Waals surface area contributed by atoms with Crippen LogP contribution < -0.4 is 10.6 Å². The first-order valence-electron chi connectivity index (χ1n) is 8.17. The van der Waals surface area contributed by atoms with Gasteiger partial charge >= 0.3 is 0 Å². The highest BCUT2D eigenvalue weighted by molar-refractivity contribution is 7.14. The molecule has 0 bridgehead atoms. The van der Waals surface area contributed by atoms with Crippen molar-refractivity contribution in [2.45, 2.75) is 19.8 Å². The first-order chi connectivity index (χ1) is 11.6. The van der Waals surface area contributed by atoms with Crippen molar-refractivity contribution in [1.82, 2.24) is 10.3 Å². The van der Waals surface area contributed by atoms with E-state index < -0.39 is 5.41 Å². The third-order valence-electron chi connectivity index (χ3n) is 4.53. The molecule has 0 spiro atoms. The average molecular weight is 382 g/mol. The zero-order chi connectivity index (χ0) is 17.0. The maximum Gasteiger partial charge on any atom is 0.234 e. The molecule has 1 aliphatic rings. The number of rotatable bonds is 5. The number of hydrogen-bond donors (Lipinski definition) is 2. The van der Waals surface area contributed by atoms with Gasteiger partial charge in [-0.25, -0.2) is 4.98 Å². The van der Waals surface area contributed by atoms with Gasteiger partial charge in [-0.05, 0) is 32.9 Å². The van der Waals surface area contributed by atoms with Gasteiger partial charge in [-0.1, -0.05) is 29.8 Å². The summed E-state index contributed by atoms with van der Waals surface area (Å²) in [5.41, 5.74) is 2.71. The van der Waals surface area contributed by atoms with Gasteiger partial charge in [0.1, 0.15) is 0 Å². The number of carbonyl (C=O) groups is 1. The van der Waals surface area contributed by atoms with Gasteiger partial charge in [-0.15, -0.1) is 23.7 Å². The smallest absolute Gasteiger partial charge is 0.234 e. The topological polar surface area (TPSA) is 63.2 Å². The molecule has 0 aliphatic carbocycles. The summed E-state index contributed by atoms with van der Waals surface area (Å²) in [5, 5.41) is 8.92. The molecular formula is C18H24ClN3O2S. The van der Waals surface area contributed by atoms with Crippen LogP contribution in [0.5, 0.6) is 0 Å². The molecule has 3 rings (SSSR count). The lowest BCUT2D eigenvalue weighted by Crippen LogP contribution is -2.47. The maximum atomic E-state index is 12.8. The highest BCUT2D eigenvalue weighted by atomic mass is 35.5. The molecule has 1 aliphatic heterocycles. The largest absolute Gasteiger partial charge is 0.384 e. The number of ether oxygens (including phenoxy) is 1. The second-order valence-corrected chi connectivity index (χ2v) is 7.18. The number of carbonyl (C=O) groups excluding carboxylic acids is 1. The predicted octanol–water partition coefficient (Wildman–Crippen LogP) is 3.50. The normalized spacial score (nSPS) is 16.1. The Labute approximate surface area is 158 Å². The molecule has 0 atom stereocenters. The highest BCUT2D eigenvalue weighted by Crippen LogP contribution is 2.32. The Morgan fingerprint density at radius 1 is 1.32 bits per heavy atom. The maximum absolute atomic E-state index is 12.8. The fourth-order valence-corrected chi connectivity index (χ4v) is 3.75. The molecule has 0 radical (unpaired) electrons. The SMILES string of the molecule is COCC1(C(=O)Nc2nc(-c3ccc(C)cc3)cs2)CCNCC1.Cl. The minimum absolute atomic E-state index is 0. The second kappa shape index (κ2) is 8.76. The van der Waals surface area contributed by atoms with Gasteiger partial charge in [-0.2, -0.15) is 0 Å². The van der Waals surface area contributed by atoms with Gasteiger partial charge in [0.05, 0.1) is 17.7 Å². The van der Waals surface area contributed by atoms with Gasteiger partial charge in [0.2, 0.25) is 5.91 Å². The summed E-state index contributed by atoms with van der Waals surface area (Å²) in [6, 6.07) is 8.23. The molecular weight excluding hydrogens is 358 g/mol. The molecule has 2 N–H and O–H groups in total. The fraction of sp³-hybridized carbons (Fsp3) is 0.444. The van der Waals surface area contributed by atoms with Crippen LogP contribution in [0.15, 0.2) is 29.6 Å². The Morgan fingerprint density at radius 2 is 2.00 bits per heavy atom. The summed E-state index contributed by atoms with van der Waals surface area (Å²) in [5.74, 6) is 0.00987. The van der Waals surface area contributed by atoms with Crippen LogP contribution in [0.25, 0.3) is 11.3 Å². The number of piperidine rings is 1. The molecule has 7 heteroatoms. The number of benzene rings is 1. The van der Waals surface area contributed by atoms with Gasteiger partial charge in [0.15, 0.2) is 5.13 Å². The van der Waals surface area contributed by atoms with E-state index in [2.05, 4.69) is 46.8 Å². The highest BCUT2D eigenvalue weighted by Gasteiger charge is 2.40. The van der Waals surface area contributed by atoms with E-state index in [0.717, 1.165) is 37.2 Å². The third-order valence-corrected chi connectivity index (χ3v) is 5.29. The molecule has 1 aromatic carbocycles. The molecule has 2 heterocycles. The number of halogens is 1. The first-order valence-corrected chi connectivity index (χ1v) is 9.05. The van der Waals surface area contributed by atoms with Crippen molar-refractivity contribution in [3.63, 3.8) is 0 Å². The average Bonchev–Trinajstić information content (AvgIpc) is 3.05. The van der Waals surface area contributed by atoms with E-state index >= 15 is 0 Å². The van der Waals surface area contributed by atoms with Crippen LogP contribution in [0.1, 0.15) is 18.4 Å².